The first-order chi connectivity index (χ1) is 18.1. The SMILES string of the molecule is CCc1ccc(OCc2nnc(SCC(=O)Nc3cccc(C(F)(F)F)c3)n2[C@@H](C)CCCC(C)C)cc1. The van der Waals surface area contributed by atoms with E-state index in [1.54, 1.807) is 0 Å². The monoisotopic (exact) mass is 548 g/mol. The lowest BCUT2D eigenvalue weighted by Gasteiger charge is -2.19. The van der Waals surface area contributed by atoms with Crippen molar-refractivity contribution in [2.75, 3.05) is 11.1 Å². The molecule has 0 aliphatic heterocycles. The molecule has 206 valence electrons. The number of anilines is 1. The van der Waals surface area contributed by atoms with Gasteiger partial charge in [-0.1, -0.05) is 63.6 Å². The van der Waals surface area contributed by atoms with Crippen LogP contribution in [-0.2, 0) is 24.0 Å². The average Bonchev–Trinajstić information content (AvgIpc) is 3.29. The lowest BCUT2D eigenvalue weighted by atomic mass is 10.0. The molecule has 0 aliphatic carbocycles. The number of carbonyl (C=O) groups excluding carboxylic acids is 1. The zero-order valence-corrected chi connectivity index (χ0v) is 23.0. The number of amides is 1. The third kappa shape index (κ3) is 8.79. The predicted molar refractivity (Wildman–Crippen MR) is 144 cm³/mol. The molecule has 1 aromatic heterocycles. The number of aromatic nitrogens is 3. The minimum absolute atomic E-state index is 0.0214. The van der Waals surface area contributed by atoms with Gasteiger partial charge in [0.1, 0.15) is 12.4 Å². The highest BCUT2D eigenvalue weighted by Gasteiger charge is 2.30. The number of ether oxygens (including phenoxy) is 1. The first kappa shape index (κ1) is 29.5. The molecular weight excluding hydrogens is 513 g/mol. The zero-order chi connectivity index (χ0) is 27.7. The molecule has 0 bridgehead atoms. The Morgan fingerprint density at radius 1 is 1.08 bits per heavy atom. The van der Waals surface area contributed by atoms with Crippen LogP contribution in [0.2, 0.25) is 0 Å². The zero-order valence-electron chi connectivity index (χ0n) is 22.2. The first-order valence-corrected chi connectivity index (χ1v) is 13.8. The fourth-order valence-electron chi connectivity index (χ4n) is 3.97. The second kappa shape index (κ2) is 13.7. The van der Waals surface area contributed by atoms with Crippen LogP contribution in [0.3, 0.4) is 0 Å². The molecule has 1 amide bonds. The van der Waals surface area contributed by atoms with Crippen molar-refractivity contribution in [2.45, 2.75) is 77.4 Å². The molecule has 6 nitrogen and oxygen atoms in total. The van der Waals surface area contributed by atoms with Crippen molar-refractivity contribution in [3.63, 3.8) is 0 Å². The quantitative estimate of drug-likeness (QED) is 0.223. The molecule has 1 atom stereocenters. The predicted octanol–water partition coefficient (Wildman–Crippen LogP) is 7.56. The van der Waals surface area contributed by atoms with Gasteiger partial charge in [-0.05, 0) is 61.6 Å². The number of rotatable bonds is 13. The molecule has 0 saturated heterocycles. The number of alkyl halides is 3. The van der Waals surface area contributed by atoms with Crippen LogP contribution in [0.15, 0.2) is 53.7 Å². The van der Waals surface area contributed by atoms with Gasteiger partial charge in [-0.25, -0.2) is 0 Å². The van der Waals surface area contributed by atoms with Crippen molar-refractivity contribution in [3.8, 4) is 5.75 Å². The number of carbonyl (C=O) groups is 1. The van der Waals surface area contributed by atoms with Gasteiger partial charge < -0.3 is 14.6 Å². The summed E-state index contributed by atoms with van der Waals surface area (Å²) < 4.78 is 47.0. The maximum atomic E-state index is 13.0. The summed E-state index contributed by atoms with van der Waals surface area (Å²) in [7, 11) is 0. The maximum Gasteiger partial charge on any atom is 0.416 e. The van der Waals surface area contributed by atoms with Crippen LogP contribution in [-0.4, -0.2) is 26.4 Å². The molecule has 0 aliphatic rings. The van der Waals surface area contributed by atoms with Gasteiger partial charge >= 0.3 is 6.18 Å². The van der Waals surface area contributed by atoms with Gasteiger partial charge in [0.15, 0.2) is 11.0 Å². The fraction of sp³-hybridized carbons (Fsp3) is 0.464. The summed E-state index contributed by atoms with van der Waals surface area (Å²) in [4.78, 5) is 12.5. The van der Waals surface area contributed by atoms with Crippen molar-refractivity contribution in [1.82, 2.24) is 14.8 Å². The fourth-order valence-corrected chi connectivity index (χ4v) is 4.82. The minimum Gasteiger partial charge on any atom is -0.486 e. The number of halogens is 3. The third-order valence-electron chi connectivity index (χ3n) is 6.08. The van der Waals surface area contributed by atoms with E-state index in [9.17, 15) is 18.0 Å². The van der Waals surface area contributed by atoms with Crippen molar-refractivity contribution in [2.24, 2.45) is 5.92 Å². The number of thioether (sulfide) groups is 1. The number of hydrogen-bond donors (Lipinski definition) is 1. The molecule has 38 heavy (non-hydrogen) atoms. The topological polar surface area (TPSA) is 69.0 Å². The molecule has 0 radical (unpaired) electrons. The van der Waals surface area contributed by atoms with E-state index in [0.29, 0.717) is 16.9 Å². The Labute approximate surface area is 226 Å². The summed E-state index contributed by atoms with van der Waals surface area (Å²) in [5.41, 5.74) is 0.505. The van der Waals surface area contributed by atoms with E-state index < -0.39 is 17.6 Å². The van der Waals surface area contributed by atoms with Crippen molar-refractivity contribution in [1.29, 1.82) is 0 Å². The number of nitrogens with one attached hydrogen (secondary N) is 1. The standard InChI is InChI=1S/C28H35F3N4O2S/c1-5-21-12-14-24(15-13-21)37-17-25-33-34-27(35(25)20(4)9-6-8-19(2)3)38-18-26(36)32-23-11-7-10-22(16-23)28(29,30)31/h7,10-16,19-20H,5-6,8-9,17-18H2,1-4H3,(H,32,36)/t20-/m0/s1. The van der Waals surface area contributed by atoms with Gasteiger partial charge in [0.2, 0.25) is 5.91 Å². The van der Waals surface area contributed by atoms with Crippen molar-refractivity contribution < 1.29 is 22.7 Å². The van der Waals surface area contributed by atoms with Gasteiger partial charge in [-0.3, -0.25) is 4.79 Å². The molecule has 1 N–H and O–H groups in total. The van der Waals surface area contributed by atoms with E-state index in [1.165, 1.54) is 29.5 Å². The van der Waals surface area contributed by atoms with Crippen LogP contribution in [0, 0.1) is 5.92 Å². The molecular formula is C28H35F3N4O2S. The van der Waals surface area contributed by atoms with Gasteiger partial charge in [-0.15, -0.1) is 10.2 Å². The second-order valence-electron chi connectivity index (χ2n) is 9.64. The normalized spacial score (nSPS) is 12.5. The molecule has 0 spiro atoms. The Bertz CT molecular complexity index is 1180. The summed E-state index contributed by atoms with van der Waals surface area (Å²) >= 11 is 1.20. The molecule has 0 fully saturated rings. The van der Waals surface area contributed by atoms with Gasteiger partial charge in [0, 0.05) is 11.7 Å². The van der Waals surface area contributed by atoms with Crippen molar-refractivity contribution in [3.05, 3.63) is 65.5 Å². The summed E-state index contributed by atoms with van der Waals surface area (Å²) in [5, 5.41) is 11.8. The highest BCUT2D eigenvalue weighted by Crippen LogP contribution is 2.31. The van der Waals surface area contributed by atoms with E-state index >= 15 is 0 Å². The van der Waals surface area contributed by atoms with Gasteiger partial charge in [-0.2, -0.15) is 13.2 Å². The van der Waals surface area contributed by atoms with E-state index in [4.69, 9.17) is 4.74 Å². The summed E-state index contributed by atoms with van der Waals surface area (Å²) in [6.07, 6.45) is -0.475. The highest BCUT2D eigenvalue weighted by atomic mass is 32.2. The van der Waals surface area contributed by atoms with E-state index in [-0.39, 0.29) is 24.1 Å². The summed E-state index contributed by atoms with van der Waals surface area (Å²) in [5.74, 6) is 1.55. The molecule has 3 rings (SSSR count). The lowest BCUT2D eigenvalue weighted by molar-refractivity contribution is -0.137. The Morgan fingerprint density at radius 3 is 2.47 bits per heavy atom. The third-order valence-corrected chi connectivity index (χ3v) is 7.03. The van der Waals surface area contributed by atoms with Crippen LogP contribution in [0.4, 0.5) is 18.9 Å². The highest BCUT2D eigenvalue weighted by molar-refractivity contribution is 7.99. The van der Waals surface area contributed by atoms with E-state index in [2.05, 4.69) is 43.2 Å². The molecule has 3 aromatic rings. The van der Waals surface area contributed by atoms with Gasteiger partial charge in [0.25, 0.3) is 0 Å². The summed E-state index contributed by atoms with van der Waals surface area (Å²) in [6.45, 7) is 8.80. The molecule has 10 heteroatoms. The molecule has 0 unspecified atom stereocenters. The molecule has 1 heterocycles. The van der Waals surface area contributed by atoms with E-state index in [1.807, 2.05) is 28.8 Å². The molecule has 0 saturated carbocycles. The second-order valence-corrected chi connectivity index (χ2v) is 10.6. The first-order valence-electron chi connectivity index (χ1n) is 12.8. The number of hydrogen-bond acceptors (Lipinski definition) is 5. The Morgan fingerprint density at radius 2 is 1.82 bits per heavy atom. The van der Waals surface area contributed by atoms with Gasteiger partial charge in [0.05, 0.1) is 11.3 Å². The number of benzene rings is 2. The number of nitrogens with zero attached hydrogens (tertiary/aromatic N) is 3. The van der Waals surface area contributed by atoms with Crippen LogP contribution in [0.5, 0.6) is 5.75 Å². The van der Waals surface area contributed by atoms with Crippen molar-refractivity contribution >= 4 is 23.4 Å². The largest absolute Gasteiger partial charge is 0.486 e. The van der Waals surface area contributed by atoms with Crippen LogP contribution in [0.25, 0.3) is 0 Å². The number of aryl methyl sites for hydroxylation is 1. The Kier molecular flexibility index (Phi) is 10.6. The molecule has 2 aromatic carbocycles. The van der Waals surface area contributed by atoms with Crippen LogP contribution < -0.4 is 10.1 Å². The lowest BCUT2D eigenvalue weighted by Crippen LogP contribution is -2.17. The average molecular weight is 549 g/mol. The minimum atomic E-state index is -4.48. The van der Waals surface area contributed by atoms with E-state index in [0.717, 1.165) is 43.6 Å². The maximum absolute atomic E-state index is 13.0. The van der Waals surface area contributed by atoms with Crippen LogP contribution >= 0.6 is 11.8 Å². The summed E-state index contributed by atoms with van der Waals surface area (Å²) in [6, 6.07) is 12.6. The van der Waals surface area contributed by atoms with Crippen LogP contribution in [0.1, 0.15) is 70.0 Å². The smallest absolute Gasteiger partial charge is 0.416 e. The Balaban J connectivity index is 1.69. The Hall–Kier alpha value is -3.01.